The van der Waals surface area contributed by atoms with E-state index in [1.165, 1.54) is 12.1 Å². The Kier molecular flexibility index (Phi) is 6.33. The second kappa shape index (κ2) is 7.35. The first-order chi connectivity index (χ1) is 9.63. The Balaban J connectivity index is 2.66. The average molecular weight is 390 g/mol. The number of alkyl halides is 3. The lowest BCUT2D eigenvalue weighted by molar-refractivity contribution is -0.274. The van der Waals surface area contributed by atoms with E-state index in [0.717, 1.165) is 0 Å². The Hall–Kier alpha value is -0.960. The van der Waals surface area contributed by atoms with Crippen molar-refractivity contribution in [1.82, 2.24) is 0 Å². The zero-order chi connectivity index (χ0) is 16.1. The van der Waals surface area contributed by atoms with Crippen LogP contribution in [0.5, 0.6) is 5.75 Å². The van der Waals surface area contributed by atoms with E-state index in [2.05, 4.69) is 26.0 Å². The SMILES string of the molecule is CCS(=O)(=O)CCCNc1ccc(Br)cc1OC(F)(F)F. The maximum absolute atomic E-state index is 12.3. The number of halogens is 4. The van der Waals surface area contributed by atoms with Crippen LogP contribution in [0, 0.1) is 0 Å². The predicted molar refractivity (Wildman–Crippen MR) is 78.3 cm³/mol. The molecule has 0 bridgehead atoms. The van der Waals surface area contributed by atoms with Crippen molar-refractivity contribution in [3.05, 3.63) is 22.7 Å². The Morgan fingerprint density at radius 2 is 2.00 bits per heavy atom. The van der Waals surface area contributed by atoms with Crippen molar-refractivity contribution in [2.24, 2.45) is 0 Å². The van der Waals surface area contributed by atoms with Gasteiger partial charge in [0.05, 0.1) is 11.4 Å². The monoisotopic (exact) mass is 389 g/mol. The molecule has 0 aliphatic rings. The van der Waals surface area contributed by atoms with E-state index in [4.69, 9.17) is 0 Å². The molecule has 0 radical (unpaired) electrons. The van der Waals surface area contributed by atoms with E-state index < -0.39 is 16.2 Å². The van der Waals surface area contributed by atoms with E-state index in [1.54, 1.807) is 13.0 Å². The maximum atomic E-state index is 12.3. The molecule has 0 aliphatic heterocycles. The Morgan fingerprint density at radius 3 is 2.57 bits per heavy atom. The molecule has 0 spiro atoms. The number of benzene rings is 1. The first kappa shape index (κ1) is 18.1. The van der Waals surface area contributed by atoms with Crippen molar-refractivity contribution in [3.8, 4) is 5.75 Å². The molecular formula is C12H15BrF3NO3S. The highest BCUT2D eigenvalue weighted by atomic mass is 79.9. The van der Waals surface area contributed by atoms with Gasteiger partial charge >= 0.3 is 6.36 Å². The van der Waals surface area contributed by atoms with Gasteiger partial charge in [-0.3, -0.25) is 0 Å². The van der Waals surface area contributed by atoms with Crippen LogP contribution in [-0.4, -0.2) is 32.8 Å². The second-order valence-corrected chi connectivity index (χ2v) is 7.59. The number of rotatable bonds is 7. The molecule has 0 aliphatic carbocycles. The Bertz CT molecular complexity index is 576. The molecule has 0 unspecified atom stereocenters. The van der Waals surface area contributed by atoms with Crippen molar-refractivity contribution in [3.63, 3.8) is 0 Å². The van der Waals surface area contributed by atoms with Gasteiger partial charge in [-0.1, -0.05) is 22.9 Å². The van der Waals surface area contributed by atoms with Gasteiger partial charge in [0.15, 0.2) is 5.75 Å². The molecule has 9 heteroatoms. The van der Waals surface area contributed by atoms with Crippen molar-refractivity contribution >= 4 is 31.5 Å². The molecule has 0 fully saturated rings. The van der Waals surface area contributed by atoms with Crippen LogP contribution in [0.1, 0.15) is 13.3 Å². The quantitative estimate of drug-likeness (QED) is 0.724. The van der Waals surface area contributed by atoms with E-state index >= 15 is 0 Å². The number of sulfone groups is 1. The van der Waals surface area contributed by atoms with Crippen LogP contribution in [0.25, 0.3) is 0 Å². The predicted octanol–water partition coefficient (Wildman–Crippen LogP) is 3.58. The third-order valence-electron chi connectivity index (χ3n) is 2.56. The van der Waals surface area contributed by atoms with E-state index in [9.17, 15) is 21.6 Å². The van der Waals surface area contributed by atoms with Gasteiger partial charge in [-0.2, -0.15) is 0 Å². The van der Waals surface area contributed by atoms with E-state index in [1.807, 2.05) is 0 Å². The number of hydrogen-bond donors (Lipinski definition) is 1. The molecule has 1 aromatic carbocycles. The Morgan fingerprint density at radius 1 is 1.33 bits per heavy atom. The summed E-state index contributed by atoms with van der Waals surface area (Å²) >= 11 is 3.07. The maximum Gasteiger partial charge on any atom is 0.573 e. The van der Waals surface area contributed by atoms with Crippen LogP contribution in [0.15, 0.2) is 22.7 Å². The summed E-state index contributed by atoms with van der Waals surface area (Å²) in [4.78, 5) is 0. The zero-order valence-electron chi connectivity index (χ0n) is 11.2. The van der Waals surface area contributed by atoms with Gasteiger partial charge in [-0.25, -0.2) is 8.42 Å². The van der Waals surface area contributed by atoms with Crippen LogP contribution >= 0.6 is 15.9 Å². The van der Waals surface area contributed by atoms with Gasteiger partial charge in [-0.15, -0.1) is 13.2 Å². The van der Waals surface area contributed by atoms with Gasteiger partial charge in [0, 0.05) is 16.8 Å². The van der Waals surface area contributed by atoms with Crippen LogP contribution in [0.4, 0.5) is 18.9 Å². The summed E-state index contributed by atoms with van der Waals surface area (Å²) in [5.41, 5.74) is 0.157. The van der Waals surface area contributed by atoms with Gasteiger partial charge < -0.3 is 10.1 Å². The largest absolute Gasteiger partial charge is 0.573 e. The van der Waals surface area contributed by atoms with Gasteiger partial charge in [0.25, 0.3) is 0 Å². The first-order valence-corrected chi connectivity index (χ1v) is 8.74. The Labute approximate surface area is 129 Å². The highest BCUT2D eigenvalue weighted by molar-refractivity contribution is 9.10. The number of nitrogens with one attached hydrogen (secondary N) is 1. The fourth-order valence-electron chi connectivity index (χ4n) is 1.51. The minimum atomic E-state index is -4.79. The molecule has 120 valence electrons. The van der Waals surface area contributed by atoms with E-state index in [0.29, 0.717) is 10.9 Å². The third-order valence-corrected chi connectivity index (χ3v) is 4.84. The van der Waals surface area contributed by atoms with Crippen molar-refractivity contribution in [2.75, 3.05) is 23.4 Å². The summed E-state index contributed by atoms with van der Waals surface area (Å²) in [6, 6.07) is 4.19. The molecule has 4 nitrogen and oxygen atoms in total. The minimum absolute atomic E-state index is 0.0114. The van der Waals surface area contributed by atoms with Gasteiger partial charge in [-0.05, 0) is 24.6 Å². The van der Waals surface area contributed by atoms with Crippen molar-refractivity contribution in [2.45, 2.75) is 19.7 Å². The molecule has 21 heavy (non-hydrogen) atoms. The lowest BCUT2D eigenvalue weighted by Gasteiger charge is -2.15. The summed E-state index contributed by atoms with van der Waals surface area (Å²) in [7, 11) is -3.08. The summed E-state index contributed by atoms with van der Waals surface area (Å²) in [5.74, 6) is -0.328. The summed E-state index contributed by atoms with van der Waals surface area (Å²) in [5, 5.41) is 2.75. The van der Waals surface area contributed by atoms with Crippen molar-refractivity contribution in [1.29, 1.82) is 0 Å². The molecule has 0 amide bonds. The molecule has 1 rings (SSSR count). The molecule has 0 heterocycles. The standard InChI is InChI=1S/C12H15BrF3NO3S/c1-2-21(18,19)7-3-6-17-10-5-4-9(13)8-11(10)20-12(14,15)16/h4-5,8,17H,2-3,6-7H2,1H3. The highest BCUT2D eigenvalue weighted by Crippen LogP contribution is 2.32. The summed E-state index contributed by atoms with van der Waals surface area (Å²) in [6.45, 7) is 1.78. The molecule has 0 atom stereocenters. The van der Waals surface area contributed by atoms with Gasteiger partial charge in [0.2, 0.25) is 0 Å². The fraction of sp³-hybridized carbons (Fsp3) is 0.500. The van der Waals surface area contributed by atoms with Crippen LogP contribution in [-0.2, 0) is 9.84 Å². The fourth-order valence-corrected chi connectivity index (χ4v) is 2.72. The summed E-state index contributed by atoms with van der Waals surface area (Å²) in [6.07, 6.45) is -4.49. The lowest BCUT2D eigenvalue weighted by Crippen LogP contribution is -2.19. The lowest BCUT2D eigenvalue weighted by atomic mass is 10.3. The number of hydrogen-bond acceptors (Lipinski definition) is 4. The van der Waals surface area contributed by atoms with Gasteiger partial charge in [0.1, 0.15) is 9.84 Å². The molecular weight excluding hydrogens is 375 g/mol. The average Bonchev–Trinajstić information content (AvgIpc) is 2.35. The smallest absolute Gasteiger partial charge is 0.404 e. The molecule has 0 saturated heterocycles. The third kappa shape index (κ3) is 7.03. The second-order valence-electron chi connectivity index (χ2n) is 4.20. The van der Waals surface area contributed by atoms with E-state index in [-0.39, 0.29) is 29.5 Å². The zero-order valence-corrected chi connectivity index (χ0v) is 13.6. The van der Waals surface area contributed by atoms with Crippen LogP contribution in [0.3, 0.4) is 0 Å². The first-order valence-electron chi connectivity index (χ1n) is 6.12. The summed E-state index contributed by atoms with van der Waals surface area (Å²) < 4.78 is 63.9. The van der Waals surface area contributed by atoms with Crippen LogP contribution < -0.4 is 10.1 Å². The topological polar surface area (TPSA) is 55.4 Å². The van der Waals surface area contributed by atoms with Crippen LogP contribution in [0.2, 0.25) is 0 Å². The number of anilines is 1. The normalized spacial score (nSPS) is 12.2. The van der Waals surface area contributed by atoms with Crippen molar-refractivity contribution < 1.29 is 26.3 Å². The number of ether oxygens (including phenoxy) is 1. The molecule has 0 saturated carbocycles. The minimum Gasteiger partial charge on any atom is -0.404 e. The highest BCUT2D eigenvalue weighted by Gasteiger charge is 2.32. The molecule has 1 aromatic rings. The molecule has 0 aromatic heterocycles. The molecule has 1 N–H and O–H groups in total.